The van der Waals surface area contributed by atoms with Crippen LogP contribution < -0.4 is 10.6 Å². The van der Waals surface area contributed by atoms with E-state index in [1.807, 2.05) is 28.2 Å². The summed E-state index contributed by atoms with van der Waals surface area (Å²) in [5.41, 5.74) is -1.24. The number of hydrogen-bond acceptors (Lipinski definition) is 5. The van der Waals surface area contributed by atoms with Crippen molar-refractivity contribution in [1.29, 1.82) is 0 Å². The highest BCUT2D eigenvalue weighted by Gasteiger charge is 2.22. The van der Waals surface area contributed by atoms with Gasteiger partial charge in [-0.15, -0.1) is 0 Å². The van der Waals surface area contributed by atoms with E-state index in [1.165, 1.54) is 0 Å². The summed E-state index contributed by atoms with van der Waals surface area (Å²) in [6, 6.07) is 0. The highest BCUT2D eigenvalue weighted by molar-refractivity contribution is 6.44. The molecular formula is C11H17Cl2N3O4. The van der Waals surface area contributed by atoms with E-state index < -0.39 is 23.2 Å². The van der Waals surface area contributed by atoms with E-state index in [9.17, 15) is 9.59 Å². The van der Waals surface area contributed by atoms with Crippen LogP contribution in [0.2, 0.25) is 10.0 Å². The van der Waals surface area contributed by atoms with E-state index in [-0.39, 0.29) is 10.0 Å². The predicted molar refractivity (Wildman–Crippen MR) is 78.1 cm³/mol. The topological polar surface area (TPSA) is 112 Å². The van der Waals surface area contributed by atoms with Crippen LogP contribution in [0.4, 0.5) is 0 Å². The first-order valence-corrected chi connectivity index (χ1v) is 6.01. The number of hydrogen-bond donors (Lipinski definition) is 4. The van der Waals surface area contributed by atoms with Crippen molar-refractivity contribution in [3.63, 3.8) is 0 Å². The van der Waals surface area contributed by atoms with E-state index in [0.717, 1.165) is 6.20 Å². The molecule has 0 radical (unpaired) electrons. The van der Waals surface area contributed by atoms with E-state index in [2.05, 4.69) is 15.6 Å². The summed E-state index contributed by atoms with van der Waals surface area (Å²) >= 11 is 11.0. The lowest BCUT2D eigenvalue weighted by Gasteiger charge is -2.03. The van der Waals surface area contributed by atoms with Gasteiger partial charge in [0.05, 0.1) is 10.0 Å². The Balaban J connectivity index is 0. The zero-order chi connectivity index (χ0) is 16.3. The molecule has 114 valence electrons. The maximum atomic E-state index is 10.7. The zero-order valence-electron chi connectivity index (χ0n) is 11.5. The van der Waals surface area contributed by atoms with Gasteiger partial charge in [-0.2, -0.15) is 0 Å². The fraction of sp³-hybridized carbons (Fsp3) is 0.364. The molecule has 0 aliphatic heterocycles. The summed E-state index contributed by atoms with van der Waals surface area (Å²) in [7, 11) is 7.50. The fourth-order valence-electron chi connectivity index (χ4n) is 0.823. The predicted octanol–water partition coefficient (Wildman–Crippen LogP) is 1.46. The van der Waals surface area contributed by atoms with Gasteiger partial charge in [0, 0.05) is 6.20 Å². The molecule has 7 nitrogen and oxygen atoms in total. The third-order valence-electron chi connectivity index (χ3n) is 1.39. The second kappa shape index (κ2) is 11.4. The maximum absolute atomic E-state index is 10.7. The molecule has 9 heteroatoms. The second-order valence-corrected chi connectivity index (χ2v) is 4.04. The quantitative estimate of drug-likeness (QED) is 0.651. The number of carbonyl (C=O) groups is 2. The minimum atomic E-state index is -1.48. The molecular weight excluding hydrogens is 309 g/mol. The normalized spacial score (nSPS) is 8.70. The summed E-state index contributed by atoms with van der Waals surface area (Å²) in [6.45, 7) is 0. The van der Waals surface area contributed by atoms with Crippen LogP contribution in [0.25, 0.3) is 0 Å². The highest BCUT2D eigenvalue weighted by atomic mass is 35.5. The molecule has 1 aromatic heterocycles. The largest absolute Gasteiger partial charge is 0.478 e. The van der Waals surface area contributed by atoms with Crippen LogP contribution in [0.3, 0.4) is 0 Å². The molecule has 1 rings (SSSR count). The molecule has 0 saturated carbocycles. The van der Waals surface area contributed by atoms with Gasteiger partial charge in [-0.3, -0.25) is 0 Å². The van der Waals surface area contributed by atoms with E-state index in [0.29, 0.717) is 0 Å². The standard InChI is InChI=1S/C7H3Cl2NO4.2C2H7N/c8-2-1-10-5(7(13)14)3(4(2)9)6(11)12;2*1-3-2/h1H,(H,11,12)(H,13,14);2*3H,1-2H3. The van der Waals surface area contributed by atoms with Gasteiger partial charge in [0.25, 0.3) is 0 Å². The van der Waals surface area contributed by atoms with E-state index >= 15 is 0 Å². The Bertz CT molecular complexity index is 454. The fourth-order valence-corrected chi connectivity index (χ4v) is 1.19. The van der Waals surface area contributed by atoms with Crippen molar-refractivity contribution in [2.45, 2.75) is 0 Å². The molecule has 0 unspecified atom stereocenters. The maximum Gasteiger partial charge on any atom is 0.355 e. The Morgan fingerprint density at radius 2 is 1.45 bits per heavy atom. The number of nitrogens with one attached hydrogen (secondary N) is 2. The minimum absolute atomic E-state index is 0.103. The molecule has 1 aromatic rings. The molecule has 20 heavy (non-hydrogen) atoms. The zero-order valence-corrected chi connectivity index (χ0v) is 13.0. The molecule has 0 aliphatic carbocycles. The van der Waals surface area contributed by atoms with Crippen molar-refractivity contribution in [1.82, 2.24) is 15.6 Å². The van der Waals surface area contributed by atoms with Gasteiger partial charge in [-0.25, -0.2) is 14.6 Å². The van der Waals surface area contributed by atoms with Gasteiger partial charge in [0.15, 0.2) is 5.69 Å². The molecule has 0 bridgehead atoms. The number of aromatic carboxylic acids is 2. The molecule has 0 spiro atoms. The molecule has 0 aromatic carbocycles. The first-order valence-electron chi connectivity index (χ1n) is 5.25. The van der Waals surface area contributed by atoms with Crippen LogP contribution in [0.5, 0.6) is 0 Å². The number of pyridine rings is 1. The SMILES string of the molecule is CNC.CNC.O=C(O)c1ncc(Cl)c(Cl)c1C(=O)O. The third-order valence-corrected chi connectivity index (χ3v) is 2.17. The molecule has 0 aliphatic rings. The number of aromatic nitrogens is 1. The van der Waals surface area contributed by atoms with Gasteiger partial charge in [0.1, 0.15) is 5.56 Å². The van der Waals surface area contributed by atoms with Crippen molar-refractivity contribution in [2.75, 3.05) is 28.2 Å². The summed E-state index contributed by atoms with van der Waals surface area (Å²) in [6.07, 6.45) is 0.986. The van der Waals surface area contributed by atoms with Gasteiger partial charge in [-0.1, -0.05) is 23.2 Å². The van der Waals surface area contributed by atoms with Gasteiger partial charge in [-0.05, 0) is 28.2 Å². The van der Waals surface area contributed by atoms with Crippen molar-refractivity contribution in [3.05, 3.63) is 27.5 Å². The van der Waals surface area contributed by atoms with Crippen LogP contribution in [0.1, 0.15) is 20.8 Å². The lowest BCUT2D eigenvalue weighted by molar-refractivity contribution is 0.0646. The monoisotopic (exact) mass is 325 g/mol. The Hall–Kier alpha value is -1.41. The Morgan fingerprint density at radius 3 is 1.75 bits per heavy atom. The summed E-state index contributed by atoms with van der Waals surface area (Å²) < 4.78 is 0. The number of carboxylic acids is 2. The van der Waals surface area contributed by atoms with Crippen LogP contribution >= 0.6 is 23.2 Å². The molecule has 0 saturated heterocycles. The molecule has 1 heterocycles. The molecule has 0 atom stereocenters. The van der Waals surface area contributed by atoms with Crippen molar-refractivity contribution >= 4 is 35.1 Å². The summed E-state index contributed by atoms with van der Waals surface area (Å²) in [4.78, 5) is 24.6. The minimum Gasteiger partial charge on any atom is -0.478 e. The summed E-state index contributed by atoms with van der Waals surface area (Å²) in [5, 5.41) is 22.3. The smallest absolute Gasteiger partial charge is 0.355 e. The summed E-state index contributed by atoms with van der Waals surface area (Å²) in [5.74, 6) is -2.96. The average Bonchev–Trinajstić information content (AvgIpc) is 2.33. The van der Waals surface area contributed by atoms with Gasteiger partial charge in [0.2, 0.25) is 0 Å². The number of carboxylic acid groups (broad SMARTS) is 2. The van der Waals surface area contributed by atoms with Crippen molar-refractivity contribution in [3.8, 4) is 0 Å². The van der Waals surface area contributed by atoms with Gasteiger partial charge >= 0.3 is 11.9 Å². The Kier molecular flexibility index (Phi) is 11.9. The number of nitrogens with zero attached hydrogens (tertiary/aromatic N) is 1. The first-order chi connectivity index (χ1) is 9.28. The third kappa shape index (κ3) is 7.25. The van der Waals surface area contributed by atoms with E-state index in [4.69, 9.17) is 33.4 Å². The molecule has 0 fully saturated rings. The second-order valence-electron chi connectivity index (χ2n) is 3.25. The lowest BCUT2D eigenvalue weighted by Crippen LogP contribution is -2.11. The number of halogens is 2. The molecule has 0 amide bonds. The van der Waals surface area contributed by atoms with Gasteiger partial charge < -0.3 is 20.8 Å². The van der Waals surface area contributed by atoms with Crippen LogP contribution in [-0.2, 0) is 0 Å². The molecule has 4 N–H and O–H groups in total. The van der Waals surface area contributed by atoms with Crippen molar-refractivity contribution < 1.29 is 19.8 Å². The van der Waals surface area contributed by atoms with Crippen LogP contribution in [-0.4, -0.2) is 55.3 Å². The van der Waals surface area contributed by atoms with E-state index in [1.54, 1.807) is 0 Å². The Morgan fingerprint density at radius 1 is 1.05 bits per heavy atom. The van der Waals surface area contributed by atoms with Crippen molar-refractivity contribution in [2.24, 2.45) is 0 Å². The lowest BCUT2D eigenvalue weighted by atomic mass is 10.2. The highest BCUT2D eigenvalue weighted by Crippen LogP contribution is 2.26. The average molecular weight is 326 g/mol. The van der Waals surface area contributed by atoms with Crippen LogP contribution in [0.15, 0.2) is 6.20 Å². The Labute approximate surface area is 126 Å². The van der Waals surface area contributed by atoms with Crippen LogP contribution in [0, 0.1) is 0 Å². The first kappa shape index (κ1) is 20.9. The number of rotatable bonds is 2.